The van der Waals surface area contributed by atoms with E-state index in [1.807, 2.05) is 37.3 Å². The zero-order valence-electron chi connectivity index (χ0n) is 10.5. The molecule has 1 aromatic carbocycles. The zero-order chi connectivity index (χ0) is 12.8. The molecule has 0 spiro atoms. The molecule has 5 nitrogen and oxygen atoms in total. The van der Waals surface area contributed by atoms with E-state index in [4.69, 9.17) is 10.5 Å². The number of hydrogen-bond acceptors (Lipinski definition) is 4. The van der Waals surface area contributed by atoms with Gasteiger partial charge in [0.15, 0.2) is 0 Å². The number of ether oxygens (including phenoxy) is 1. The molecule has 0 amide bonds. The van der Waals surface area contributed by atoms with E-state index in [0.717, 1.165) is 17.8 Å². The van der Waals surface area contributed by atoms with Crippen LogP contribution in [-0.2, 0) is 4.74 Å². The Morgan fingerprint density at radius 3 is 2.83 bits per heavy atom. The Hall–Kier alpha value is -1.72. The molecule has 2 rings (SSSR count). The summed E-state index contributed by atoms with van der Waals surface area (Å²) in [5.74, 6) is 0. The first-order valence-electron chi connectivity index (χ1n) is 6.12. The molecule has 1 heterocycles. The molecule has 0 saturated heterocycles. The second-order valence-electron chi connectivity index (χ2n) is 4.00. The van der Waals surface area contributed by atoms with Crippen molar-refractivity contribution < 1.29 is 4.74 Å². The van der Waals surface area contributed by atoms with E-state index < -0.39 is 0 Å². The average molecular weight is 246 g/mol. The summed E-state index contributed by atoms with van der Waals surface area (Å²) < 4.78 is 7.09. The van der Waals surface area contributed by atoms with Gasteiger partial charge in [0.2, 0.25) is 0 Å². The van der Waals surface area contributed by atoms with Crippen molar-refractivity contribution in [1.29, 1.82) is 0 Å². The molecule has 18 heavy (non-hydrogen) atoms. The minimum absolute atomic E-state index is 0.119. The molecule has 1 unspecified atom stereocenters. The molecule has 0 radical (unpaired) electrons. The summed E-state index contributed by atoms with van der Waals surface area (Å²) in [5.41, 5.74) is 8.01. The standard InChI is InChI=1S/C13H18N4O/c1-2-18-9-8-12(14)13-10-15-16-17(13)11-6-4-3-5-7-11/h3-7,10,12H,2,8-9,14H2,1H3. The van der Waals surface area contributed by atoms with Crippen LogP contribution in [0.5, 0.6) is 0 Å². The Balaban J connectivity index is 2.12. The van der Waals surface area contributed by atoms with E-state index in [1.54, 1.807) is 10.9 Å². The summed E-state index contributed by atoms with van der Waals surface area (Å²) >= 11 is 0. The summed E-state index contributed by atoms with van der Waals surface area (Å²) in [5, 5.41) is 8.02. The molecular formula is C13H18N4O. The van der Waals surface area contributed by atoms with Crippen molar-refractivity contribution in [2.75, 3.05) is 13.2 Å². The number of nitrogens with zero attached hydrogens (tertiary/aromatic N) is 3. The van der Waals surface area contributed by atoms with Crippen LogP contribution in [0.2, 0.25) is 0 Å². The summed E-state index contributed by atoms with van der Waals surface area (Å²) in [6, 6.07) is 9.74. The maximum Gasteiger partial charge on any atom is 0.0813 e. The van der Waals surface area contributed by atoms with Crippen LogP contribution < -0.4 is 5.73 Å². The largest absolute Gasteiger partial charge is 0.382 e. The molecule has 5 heteroatoms. The average Bonchev–Trinajstić information content (AvgIpc) is 2.89. The number of rotatable bonds is 6. The highest BCUT2D eigenvalue weighted by Crippen LogP contribution is 2.16. The maximum absolute atomic E-state index is 6.14. The molecule has 0 saturated carbocycles. The Bertz CT molecular complexity index is 469. The summed E-state index contributed by atoms with van der Waals surface area (Å²) in [7, 11) is 0. The molecular weight excluding hydrogens is 228 g/mol. The van der Waals surface area contributed by atoms with Gasteiger partial charge in [-0.2, -0.15) is 0 Å². The predicted octanol–water partition coefficient (Wildman–Crippen LogP) is 1.69. The monoisotopic (exact) mass is 246 g/mol. The first-order valence-corrected chi connectivity index (χ1v) is 6.12. The van der Waals surface area contributed by atoms with Gasteiger partial charge < -0.3 is 10.5 Å². The second-order valence-corrected chi connectivity index (χ2v) is 4.00. The number of hydrogen-bond donors (Lipinski definition) is 1. The third-order valence-corrected chi connectivity index (χ3v) is 2.73. The molecule has 1 aromatic heterocycles. The van der Waals surface area contributed by atoms with Crippen molar-refractivity contribution >= 4 is 0 Å². The van der Waals surface area contributed by atoms with Crippen molar-refractivity contribution in [2.45, 2.75) is 19.4 Å². The van der Waals surface area contributed by atoms with Crippen LogP contribution >= 0.6 is 0 Å². The van der Waals surface area contributed by atoms with Crippen molar-refractivity contribution in [3.63, 3.8) is 0 Å². The van der Waals surface area contributed by atoms with Gasteiger partial charge in [-0.25, -0.2) is 4.68 Å². The lowest BCUT2D eigenvalue weighted by Crippen LogP contribution is -2.17. The SMILES string of the molecule is CCOCCC(N)c1cnnn1-c1ccccc1. The van der Waals surface area contributed by atoms with Gasteiger partial charge in [-0.05, 0) is 25.5 Å². The molecule has 2 aromatic rings. The second kappa shape index (κ2) is 6.28. The van der Waals surface area contributed by atoms with Gasteiger partial charge in [0, 0.05) is 13.2 Å². The highest BCUT2D eigenvalue weighted by molar-refractivity contribution is 5.32. The fraction of sp³-hybridized carbons (Fsp3) is 0.385. The fourth-order valence-corrected chi connectivity index (χ4v) is 1.77. The fourth-order valence-electron chi connectivity index (χ4n) is 1.77. The summed E-state index contributed by atoms with van der Waals surface area (Å²) in [6.07, 6.45) is 2.47. The molecule has 1 atom stereocenters. The highest BCUT2D eigenvalue weighted by atomic mass is 16.5. The van der Waals surface area contributed by atoms with E-state index in [-0.39, 0.29) is 6.04 Å². The third kappa shape index (κ3) is 2.94. The lowest BCUT2D eigenvalue weighted by molar-refractivity contribution is 0.139. The number of benzene rings is 1. The lowest BCUT2D eigenvalue weighted by Gasteiger charge is -2.13. The normalized spacial score (nSPS) is 12.6. The van der Waals surface area contributed by atoms with Crippen molar-refractivity contribution in [3.8, 4) is 5.69 Å². The summed E-state index contributed by atoms with van der Waals surface area (Å²) in [4.78, 5) is 0. The van der Waals surface area contributed by atoms with E-state index in [1.165, 1.54) is 0 Å². The van der Waals surface area contributed by atoms with Gasteiger partial charge in [0.05, 0.1) is 23.6 Å². The maximum atomic E-state index is 6.14. The van der Waals surface area contributed by atoms with Gasteiger partial charge in [0.25, 0.3) is 0 Å². The smallest absolute Gasteiger partial charge is 0.0813 e. The molecule has 0 fully saturated rings. The highest BCUT2D eigenvalue weighted by Gasteiger charge is 2.13. The molecule has 0 aliphatic heterocycles. The van der Waals surface area contributed by atoms with Crippen LogP contribution in [0.25, 0.3) is 5.69 Å². The van der Waals surface area contributed by atoms with Crippen LogP contribution in [0.4, 0.5) is 0 Å². The minimum Gasteiger partial charge on any atom is -0.382 e. The van der Waals surface area contributed by atoms with Crippen LogP contribution in [0.1, 0.15) is 25.1 Å². The molecule has 96 valence electrons. The van der Waals surface area contributed by atoms with Crippen molar-refractivity contribution in [1.82, 2.24) is 15.0 Å². The van der Waals surface area contributed by atoms with Gasteiger partial charge in [-0.3, -0.25) is 0 Å². The number of nitrogens with two attached hydrogens (primary N) is 1. The minimum atomic E-state index is -0.119. The van der Waals surface area contributed by atoms with Gasteiger partial charge in [-0.15, -0.1) is 5.10 Å². The molecule has 0 aliphatic rings. The van der Waals surface area contributed by atoms with E-state index in [9.17, 15) is 0 Å². The number of para-hydroxylation sites is 1. The third-order valence-electron chi connectivity index (χ3n) is 2.73. The predicted molar refractivity (Wildman–Crippen MR) is 69.4 cm³/mol. The Kier molecular flexibility index (Phi) is 4.44. The molecule has 2 N–H and O–H groups in total. The van der Waals surface area contributed by atoms with E-state index in [2.05, 4.69) is 10.3 Å². The Morgan fingerprint density at radius 1 is 1.33 bits per heavy atom. The van der Waals surface area contributed by atoms with Gasteiger partial charge in [0.1, 0.15) is 0 Å². The quantitative estimate of drug-likeness (QED) is 0.788. The van der Waals surface area contributed by atoms with Gasteiger partial charge >= 0.3 is 0 Å². The van der Waals surface area contributed by atoms with Crippen LogP contribution in [0.15, 0.2) is 36.5 Å². The van der Waals surface area contributed by atoms with Crippen molar-refractivity contribution in [3.05, 3.63) is 42.2 Å². The van der Waals surface area contributed by atoms with E-state index >= 15 is 0 Å². The lowest BCUT2D eigenvalue weighted by atomic mass is 10.1. The first-order chi connectivity index (χ1) is 8.83. The van der Waals surface area contributed by atoms with Gasteiger partial charge in [-0.1, -0.05) is 23.4 Å². The number of aromatic nitrogens is 3. The Morgan fingerprint density at radius 2 is 2.11 bits per heavy atom. The van der Waals surface area contributed by atoms with Crippen LogP contribution in [0.3, 0.4) is 0 Å². The first kappa shape index (κ1) is 12.7. The Labute approximate surface area is 107 Å². The van der Waals surface area contributed by atoms with Crippen LogP contribution in [-0.4, -0.2) is 28.2 Å². The molecule has 0 aliphatic carbocycles. The van der Waals surface area contributed by atoms with Crippen molar-refractivity contribution in [2.24, 2.45) is 5.73 Å². The summed E-state index contributed by atoms with van der Waals surface area (Å²) in [6.45, 7) is 3.34. The molecule has 0 bridgehead atoms. The topological polar surface area (TPSA) is 66.0 Å². The zero-order valence-corrected chi connectivity index (χ0v) is 10.5. The van der Waals surface area contributed by atoms with E-state index in [0.29, 0.717) is 13.2 Å². The van der Waals surface area contributed by atoms with Crippen LogP contribution in [0, 0.1) is 0 Å².